The van der Waals surface area contributed by atoms with Gasteiger partial charge in [0.15, 0.2) is 5.16 Å². The molecular formula is C17H25ClN4OS. The van der Waals surface area contributed by atoms with Crippen LogP contribution in [0.1, 0.15) is 32.1 Å². The summed E-state index contributed by atoms with van der Waals surface area (Å²) in [6.07, 6.45) is 8.30. The van der Waals surface area contributed by atoms with Crippen LogP contribution in [0.2, 0.25) is 0 Å². The van der Waals surface area contributed by atoms with Gasteiger partial charge in [0.1, 0.15) is 0 Å². The summed E-state index contributed by atoms with van der Waals surface area (Å²) in [5.74, 6) is 0.0608. The first-order valence-corrected chi connectivity index (χ1v) is 8.76. The Labute approximate surface area is 153 Å². The maximum atomic E-state index is 12.1. The number of halogens is 1. The Hall–Kier alpha value is -1.50. The summed E-state index contributed by atoms with van der Waals surface area (Å²) in [7, 11) is 1.96. The number of hydrogen-bond acceptors (Lipinski definition) is 4. The molecule has 132 valence electrons. The maximum Gasteiger partial charge on any atom is 0.224 e. The van der Waals surface area contributed by atoms with E-state index >= 15 is 0 Å². The molecule has 7 heteroatoms. The van der Waals surface area contributed by atoms with Gasteiger partial charge in [-0.3, -0.25) is 4.79 Å². The van der Waals surface area contributed by atoms with Gasteiger partial charge in [0.2, 0.25) is 5.91 Å². The molecule has 2 rings (SSSR count). The molecule has 5 nitrogen and oxygen atoms in total. The molecule has 24 heavy (non-hydrogen) atoms. The Bertz CT molecular complexity index is 633. The summed E-state index contributed by atoms with van der Waals surface area (Å²) in [4.78, 5) is 17.4. The van der Waals surface area contributed by atoms with Crippen LogP contribution in [0.15, 0.2) is 46.7 Å². The number of carbonyl (C=O) groups is 1. The summed E-state index contributed by atoms with van der Waals surface area (Å²) in [6.45, 7) is 0.726. The molecule has 1 heterocycles. The Morgan fingerprint density at radius 1 is 1.25 bits per heavy atom. The number of benzene rings is 1. The molecule has 1 amide bonds. The van der Waals surface area contributed by atoms with Crippen LogP contribution in [0.25, 0.3) is 0 Å². The van der Waals surface area contributed by atoms with Gasteiger partial charge in [-0.05, 0) is 43.3 Å². The van der Waals surface area contributed by atoms with Crippen LogP contribution in [0, 0.1) is 0 Å². The van der Waals surface area contributed by atoms with Gasteiger partial charge in [0, 0.05) is 30.8 Å². The molecule has 0 saturated heterocycles. The van der Waals surface area contributed by atoms with Crippen LogP contribution in [0.3, 0.4) is 0 Å². The van der Waals surface area contributed by atoms with Crippen molar-refractivity contribution in [3.63, 3.8) is 0 Å². The third-order valence-corrected chi connectivity index (χ3v) is 4.65. The molecule has 3 N–H and O–H groups in total. The number of nitrogens with two attached hydrogens (primary N) is 1. The molecule has 0 spiro atoms. The van der Waals surface area contributed by atoms with Crippen molar-refractivity contribution in [1.82, 2.24) is 9.55 Å². The number of nitrogens with one attached hydrogen (secondary N) is 1. The van der Waals surface area contributed by atoms with Gasteiger partial charge in [-0.2, -0.15) is 0 Å². The average Bonchev–Trinajstić information content (AvgIpc) is 2.94. The normalized spacial score (nSPS) is 10.2. The highest BCUT2D eigenvalue weighted by molar-refractivity contribution is 7.99. The average molecular weight is 369 g/mol. The third kappa shape index (κ3) is 6.55. The predicted molar refractivity (Wildman–Crippen MR) is 102 cm³/mol. The van der Waals surface area contributed by atoms with E-state index in [1.165, 1.54) is 0 Å². The number of imidazole rings is 1. The standard InChI is InChI=1S/C17H24N4OS.ClH/c1-21-13-12-19-17(21)23-15-9-6-5-8-14(15)20-16(22)10-4-2-3-7-11-18;/h5-6,8-9,12-13H,2-4,7,10-11,18H2,1H3,(H,20,22);1H. The lowest BCUT2D eigenvalue weighted by Gasteiger charge is -2.10. The van der Waals surface area contributed by atoms with Crippen molar-refractivity contribution in [2.75, 3.05) is 11.9 Å². The lowest BCUT2D eigenvalue weighted by Crippen LogP contribution is -2.11. The van der Waals surface area contributed by atoms with Crippen LogP contribution in [0.4, 0.5) is 5.69 Å². The molecule has 0 aliphatic heterocycles. The van der Waals surface area contributed by atoms with Crippen LogP contribution < -0.4 is 11.1 Å². The Morgan fingerprint density at radius 3 is 2.71 bits per heavy atom. The van der Waals surface area contributed by atoms with Crippen LogP contribution in [-0.2, 0) is 11.8 Å². The Morgan fingerprint density at radius 2 is 2.00 bits per heavy atom. The zero-order valence-electron chi connectivity index (χ0n) is 13.9. The Balaban J connectivity index is 0.00000288. The first-order valence-electron chi connectivity index (χ1n) is 7.95. The highest BCUT2D eigenvalue weighted by atomic mass is 35.5. The predicted octanol–water partition coefficient (Wildman–Crippen LogP) is 3.84. The van der Waals surface area contributed by atoms with Crippen LogP contribution in [0.5, 0.6) is 0 Å². The van der Waals surface area contributed by atoms with E-state index in [1.807, 2.05) is 42.1 Å². The number of aromatic nitrogens is 2. The molecule has 0 saturated carbocycles. The summed E-state index contributed by atoms with van der Waals surface area (Å²) < 4.78 is 1.96. The maximum absolute atomic E-state index is 12.1. The number of rotatable bonds is 9. The lowest BCUT2D eigenvalue weighted by molar-refractivity contribution is -0.116. The molecule has 0 fully saturated rings. The number of para-hydroxylation sites is 1. The zero-order valence-corrected chi connectivity index (χ0v) is 15.5. The molecule has 1 aromatic heterocycles. The number of aryl methyl sites for hydroxylation is 1. The summed E-state index contributed by atoms with van der Waals surface area (Å²) in [5.41, 5.74) is 6.31. The summed E-state index contributed by atoms with van der Waals surface area (Å²) in [6, 6.07) is 7.82. The summed E-state index contributed by atoms with van der Waals surface area (Å²) in [5, 5.41) is 3.91. The smallest absolute Gasteiger partial charge is 0.224 e. The van der Waals surface area contributed by atoms with Crippen molar-refractivity contribution in [1.29, 1.82) is 0 Å². The highest BCUT2D eigenvalue weighted by Gasteiger charge is 2.09. The number of carbonyl (C=O) groups excluding carboxylic acids is 1. The molecule has 0 radical (unpaired) electrons. The molecule has 1 aromatic carbocycles. The van der Waals surface area contributed by atoms with Crippen molar-refractivity contribution in [2.45, 2.75) is 42.2 Å². The van der Waals surface area contributed by atoms with E-state index in [4.69, 9.17) is 5.73 Å². The van der Waals surface area contributed by atoms with Crippen molar-refractivity contribution in [3.05, 3.63) is 36.7 Å². The van der Waals surface area contributed by atoms with Crippen molar-refractivity contribution in [3.8, 4) is 0 Å². The fourth-order valence-electron chi connectivity index (χ4n) is 2.20. The number of anilines is 1. The van der Waals surface area contributed by atoms with E-state index in [0.717, 1.165) is 48.0 Å². The van der Waals surface area contributed by atoms with Crippen molar-refractivity contribution in [2.24, 2.45) is 12.8 Å². The van der Waals surface area contributed by atoms with E-state index in [1.54, 1.807) is 18.0 Å². The second-order valence-corrected chi connectivity index (χ2v) is 6.43. The van der Waals surface area contributed by atoms with Crippen molar-refractivity contribution >= 4 is 35.8 Å². The SMILES string of the molecule is Cl.Cn1ccnc1Sc1ccccc1NC(=O)CCCCCCN. The molecule has 0 unspecified atom stereocenters. The second kappa shape index (κ2) is 11.1. The first kappa shape index (κ1) is 20.5. The third-order valence-electron chi connectivity index (χ3n) is 3.50. The topological polar surface area (TPSA) is 72.9 Å². The van der Waals surface area contributed by atoms with Crippen LogP contribution in [-0.4, -0.2) is 22.0 Å². The number of amides is 1. The number of nitrogens with zero attached hydrogens (tertiary/aromatic N) is 2. The van der Waals surface area contributed by atoms with Gasteiger partial charge in [-0.1, -0.05) is 25.0 Å². The van der Waals surface area contributed by atoms with Gasteiger partial charge in [0.05, 0.1) is 5.69 Å². The summed E-state index contributed by atoms with van der Waals surface area (Å²) >= 11 is 1.55. The van der Waals surface area contributed by atoms with E-state index in [0.29, 0.717) is 6.42 Å². The van der Waals surface area contributed by atoms with Gasteiger partial charge in [-0.25, -0.2) is 4.98 Å². The fourth-order valence-corrected chi connectivity index (χ4v) is 3.09. The van der Waals surface area contributed by atoms with Crippen LogP contribution >= 0.6 is 24.2 Å². The largest absolute Gasteiger partial charge is 0.330 e. The van der Waals surface area contributed by atoms with Gasteiger partial charge in [-0.15, -0.1) is 12.4 Å². The quantitative estimate of drug-likeness (QED) is 0.659. The van der Waals surface area contributed by atoms with E-state index in [2.05, 4.69) is 10.3 Å². The number of unbranched alkanes of at least 4 members (excludes halogenated alkanes) is 3. The first-order chi connectivity index (χ1) is 11.2. The molecule has 0 aliphatic rings. The van der Waals surface area contributed by atoms with E-state index in [-0.39, 0.29) is 18.3 Å². The Kier molecular flexibility index (Phi) is 9.52. The molecule has 2 aromatic rings. The lowest BCUT2D eigenvalue weighted by atomic mass is 10.1. The second-order valence-electron chi connectivity index (χ2n) is 5.42. The molecular weight excluding hydrogens is 344 g/mol. The van der Waals surface area contributed by atoms with E-state index in [9.17, 15) is 4.79 Å². The van der Waals surface area contributed by atoms with E-state index < -0.39 is 0 Å². The van der Waals surface area contributed by atoms with Crippen molar-refractivity contribution < 1.29 is 4.79 Å². The minimum atomic E-state index is 0. The zero-order chi connectivity index (χ0) is 16.5. The minimum absolute atomic E-state index is 0. The fraction of sp³-hybridized carbons (Fsp3) is 0.412. The monoisotopic (exact) mass is 368 g/mol. The minimum Gasteiger partial charge on any atom is -0.330 e. The highest BCUT2D eigenvalue weighted by Crippen LogP contribution is 2.32. The molecule has 0 bridgehead atoms. The molecule has 0 aliphatic carbocycles. The number of hydrogen-bond donors (Lipinski definition) is 2. The van der Waals surface area contributed by atoms with Gasteiger partial charge in [0.25, 0.3) is 0 Å². The van der Waals surface area contributed by atoms with Gasteiger partial charge >= 0.3 is 0 Å². The molecule has 0 atom stereocenters. The van der Waals surface area contributed by atoms with Gasteiger partial charge < -0.3 is 15.6 Å².